The fourth-order valence-electron chi connectivity index (χ4n) is 7.92. The molecule has 2 aromatic heterocycles. The van der Waals surface area contributed by atoms with Crippen molar-refractivity contribution in [2.75, 3.05) is 0 Å². The first kappa shape index (κ1) is 21.7. The first-order chi connectivity index (χ1) is 20.0. The molecule has 0 fully saturated rings. The number of ether oxygens (including phenoxy) is 1. The van der Waals surface area contributed by atoms with Crippen LogP contribution in [-0.4, -0.2) is 20.8 Å². The number of benzene rings is 5. The molecule has 0 saturated heterocycles. The maximum atomic E-state index is 14.2. The lowest BCUT2D eigenvalue weighted by Gasteiger charge is -2.37. The van der Waals surface area contributed by atoms with Crippen molar-refractivity contribution in [1.29, 1.82) is 0 Å². The standard InChI is InChI=1S/C35H22BN3O2/c1-17-8-4-9-18(2)27(17)35-37-23-13-6-11-21-31(23)38(35)24-16-19(3)28-33-29(24)36(21)22-12-7-15-26-32(22)39(33)30-20(34(28)40)10-5-14-25(30)41-26/h4-16H,1-3H3. The number of para-hydroxylation sites is 3. The topological polar surface area (TPSA) is 49.0 Å². The predicted molar refractivity (Wildman–Crippen MR) is 166 cm³/mol. The first-order valence-corrected chi connectivity index (χ1v) is 14.1. The van der Waals surface area contributed by atoms with Crippen LogP contribution in [0.2, 0.25) is 0 Å². The van der Waals surface area contributed by atoms with Gasteiger partial charge in [0.15, 0.2) is 16.9 Å². The van der Waals surface area contributed by atoms with Gasteiger partial charge in [0.25, 0.3) is 6.71 Å². The monoisotopic (exact) mass is 527 g/mol. The summed E-state index contributed by atoms with van der Waals surface area (Å²) in [5.41, 5.74) is 14.2. The van der Waals surface area contributed by atoms with Gasteiger partial charge in [-0.25, -0.2) is 4.98 Å². The highest BCUT2D eigenvalue weighted by molar-refractivity contribution is 7.00. The summed E-state index contributed by atoms with van der Waals surface area (Å²) < 4.78 is 11.2. The van der Waals surface area contributed by atoms with E-state index in [0.717, 1.165) is 72.7 Å². The number of fused-ring (bicyclic) bond motifs is 3. The number of aryl methyl sites for hydroxylation is 3. The van der Waals surface area contributed by atoms with Gasteiger partial charge in [0.2, 0.25) is 0 Å². The van der Waals surface area contributed by atoms with Gasteiger partial charge >= 0.3 is 0 Å². The van der Waals surface area contributed by atoms with Crippen LogP contribution in [0.15, 0.2) is 83.7 Å². The van der Waals surface area contributed by atoms with Gasteiger partial charge in [-0.3, -0.25) is 9.36 Å². The molecule has 10 rings (SSSR count). The van der Waals surface area contributed by atoms with E-state index in [-0.39, 0.29) is 12.1 Å². The van der Waals surface area contributed by atoms with E-state index in [1.54, 1.807) is 0 Å². The van der Waals surface area contributed by atoms with E-state index in [1.165, 1.54) is 22.1 Å². The van der Waals surface area contributed by atoms with E-state index in [9.17, 15) is 4.79 Å². The van der Waals surface area contributed by atoms with E-state index in [2.05, 4.69) is 84.5 Å². The summed E-state index contributed by atoms with van der Waals surface area (Å²) in [6, 6.07) is 27.3. The van der Waals surface area contributed by atoms with Crippen LogP contribution in [0.3, 0.4) is 0 Å². The van der Waals surface area contributed by atoms with Crippen molar-refractivity contribution in [3.63, 3.8) is 0 Å². The summed E-state index contributed by atoms with van der Waals surface area (Å²) in [6.07, 6.45) is 0. The van der Waals surface area contributed by atoms with Gasteiger partial charge in [-0.05, 0) is 84.2 Å². The lowest BCUT2D eigenvalue weighted by atomic mass is 9.34. The number of nitrogens with zero attached hydrogens (tertiary/aromatic N) is 3. The van der Waals surface area contributed by atoms with Gasteiger partial charge in [-0.1, -0.05) is 48.5 Å². The molecular formula is C35H22BN3O2. The summed E-state index contributed by atoms with van der Waals surface area (Å²) in [4.78, 5) is 19.5. The van der Waals surface area contributed by atoms with Crippen LogP contribution in [0.4, 0.5) is 0 Å². The molecular weight excluding hydrogens is 505 g/mol. The second kappa shape index (κ2) is 6.96. The van der Waals surface area contributed by atoms with Crippen molar-refractivity contribution >= 4 is 55.9 Å². The molecule has 7 aromatic rings. The Bertz CT molecular complexity index is 2450. The molecule has 5 aromatic carbocycles. The van der Waals surface area contributed by atoms with Gasteiger partial charge < -0.3 is 9.30 Å². The van der Waals surface area contributed by atoms with Crippen LogP contribution in [0.5, 0.6) is 11.5 Å². The third-order valence-electron chi connectivity index (χ3n) is 9.47. The molecule has 0 unspecified atom stereocenters. The zero-order valence-electron chi connectivity index (χ0n) is 22.7. The molecule has 0 spiro atoms. The molecule has 5 nitrogen and oxygen atoms in total. The number of imidazole rings is 1. The van der Waals surface area contributed by atoms with Crippen LogP contribution < -0.4 is 26.6 Å². The van der Waals surface area contributed by atoms with Gasteiger partial charge in [0, 0.05) is 16.6 Å². The Balaban J connectivity index is 1.51. The number of aromatic nitrogens is 3. The van der Waals surface area contributed by atoms with E-state index >= 15 is 0 Å². The van der Waals surface area contributed by atoms with Gasteiger partial charge in [-0.15, -0.1) is 0 Å². The average Bonchev–Trinajstić information content (AvgIpc) is 3.35. The van der Waals surface area contributed by atoms with Crippen LogP contribution >= 0.6 is 0 Å². The fraction of sp³-hybridized carbons (Fsp3) is 0.0857. The quantitative estimate of drug-likeness (QED) is 0.215. The van der Waals surface area contributed by atoms with Crippen molar-refractivity contribution in [2.45, 2.75) is 20.8 Å². The first-order valence-electron chi connectivity index (χ1n) is 14.1. The van der Waals surface area contributed by atoms with Gasteiger partial charge in [0.05, 0.1) is 27.6 Å². The van der Waals surface area contributed by atoms with Crippen LogP contribution in [0, 0.1) is 20.8 Å². The Morgan fingerprint density at radius 3 is 2.32 bits per heavy atom. The molecule has 3 aliphatic heterocycles. The lowest BCUT2D eigenvalue weighted by Crippen LogP contribution is -2.60. The number of hydrogen-bond donors (Lipinski definition) is 0. The second-order valence-electron chi connectivity index (χ2n) is 11.6. The Hall–Kier alpha value is -5.10. The molecule has 0 atom stereocenters. The van der Waals surface area contributed by atoms with Gasteiger partial charge in [-0.2, -0.15) is 0 Å². The van der Waals surface area contributed by atoms with E-state index < -0.39 is 0 Å². The third-order valence-corrected chi connectivity index (χ3v) is 9.47. The van der Waals surface area contributed by atoms with Crippen LogP contribution in [-0.2, 0) is 0 Å². The maximum Gasteiger partial charge on any atom is 0.252 e. The molecule has 0 N–H and O–H groups in total. The normalized spacial score (nSPS) is 13.5. The number of rotatable bonds is 1. The summed E-state index contributed by atoms with van der Waals surface area (Å²) in [7, 11) is 0. The Morgan fingerprint density at radius 2 is 1.46 bits per heavy atom. The van der Waals surface area contributed by atoms with Crippen molar-refractivity contribution in [3.8, 4) is 34.3 Å². The van der Waals surface area contributed by atoms with Crippen molar-refractivity contribution in [3.05, 3.63) is 106 Å². The highest BCUT2D eigenvalue weighted by atomic mass is 16.5. The zero-order chi connectivity index (χ0) is 27.3. The maximum absolute atomic E-state index is 14.2. The molecule has 5 heterocycles. The molecule has 41 heavy (non-hydrogen) atoms. The number of hydrogen-bond acceptors (Lipinski definition) is 3. The van der Waals surface area contributed by atoms with Crippen LogP contribution in [0.25, 0.3) is 55.6 Å². The molecule has 0 radical (unpaired) electrons. The molecule has 3 aliphatic rings. The molecule has 0 bridgehead atoms. The average molecular weight is 527 g/mol. The van der Waals surface area contributed by atoms with E-state index in [1.807, 2.05) is 24.3 Å². The smallest absolute Gasteiger partial charge is 0.252 e. The summed E-state index contributed by atoms with van der Waals surface area (Å²) in [6.45, 7) is 6.34. The Labute approximate surface area is 235 Å². The molecule has 6 heteroatoms. The van der Waals surface area contributed by atoms with Crippen LogP contribution in [0.1, 0.15) is 16.7 Å². The van der Waals surface area contributed by atoms with E-state index in [0.29, 0.717) is 5.39 Å². The molecule has 0 amide bonds. The second-order valence-corrected chi connectivity index (χ2v) is 11.6. The van der Waals surface area contributed by atoms with Crippen molar-refractivity contribution < 1.29 is 4.74 Å². The lowest BCUT2D eigenvalue weighted by molar-refractivity contribution is 0.476. The minimum Gasteiger partial charge on any atom is -0.453 e. The molecule has 192 valence electrons. The third kappa shape index (κ3) is 2.35. The minimum atomic E-state index is -0.0486. The molecule has 0 saturated carbocycles. The molecule has 0 aliphatic carbocycles. The summed E-state index contributed by atoms with van der Waals surface area (Å²) in [5, 5.41) is 1.47. The zero-order valence-corrected chi connectivity index (χ0v) is 22.7. The fourth-order valence-corrected chi connectivity index (χ4v) is 7.92. The van der Waals surface area contributed by atoms with Crippen molar-refractivity contribution in [1.82, 2.24) is 14.1 Å². The van der Waals surface area contributed by atoms with Crippen molar-refractivity contribution in [2.24, 2.45) is 0 Å². The highest BCUT2D eigenvalue weighted by Crippen LogP contribution is 2.44. The minimum absolute atomic E-state index is 0.0486. The largest absolute Gasteiger partial charge is 0.453 e. The Kier molecular flexibility index (Phi) is 3.68. The SMILES string of the molecule is Cc1cccc(C)c1-c1nc2cccc3c2n1-c1cc(C)c2c(=O)c4cccc5c4n4c2c1B3c1cccc(c1-4)O5. The number of pyridine rings is 1. The summed E-state index contributed by atoms with van der Waals surface area (Å²) in [5.74, 6) is 2.49. The highest BCUT2D eigenvalue weighted by Gasteiger charge is 2.43. The van der Waals surface area contributed by atoms with E-state index in [4.69, 9.17) is 9.72 Å². The summed E-state index contributed by atoms with van der Waals surface area (Å²) >= 11 is 0. The predicted octanol–water partition coefficient (Wildman–Crippen LogP) is 5.32. The van der Waals surface area contributed by atoms with Gasteiger partial charge in [0.1, 0.15) is 11.3 Å². The Morgan fingerprint density at radius 1 is 0.732 bits per heavy atom.